The second kappa shape index (κ2) is 4.52. The summed E-state index contributed by atoms with van der Waals surface area (Å²) in [6.45, 7) is 2.57. The van der Waals surface area contributed by atoms with Crippen molar-refractivity contribution in [3.05, 3.63) is 34.9 Å². The van der Waals surface area contributed by atoms with Crippen LogP contribution in [0.25, 0.3) is 0 Å². The van der Waals surface area contributed by atoms with Gasteiger partial charge in [0.05, 0.1) is 13.2 Å². The quantitative estimate of drug-likeness (QED) is 0.849. The van der Waals surface area contributed by atoms with E-state index >= 15 is 0 Å². The fourth-order valence-electron chi connectivity index (χ4n) is 2.04. The monoisotopic (exact) mass is 225 g/mol. The maximum absolute atomic E-state index is 6.22. The molecule has 3 heteroatoms. The molecular weight excluding hydrogens is 210 g/mol. The summed E-state index contributed by atoms with van der Waals surface area (Å²) in [5, 5.41) is 4.04. The van der Waals surface area contributed by atoms with Crippen LogP contribution in [-0.4, -0.2) is 26.8 Å². The van der Waals surface area contributed by atoms with E-state index in [0.717, 1.165) is 31.2 Å². The fraction of sp³-hybridized carbons (Fsp3) is 0.500. The van der Waals surface area contributed by atoms with E-state index in [-0.39, 0.29) is 5.41 Å². The number of nitrogens with one attached hydrogen (secondary N) is 1. The minimum absolute atomic E-state index is 0.140. The Labute approximate surface area is 95.6 Å². The molecule has 2 rings (SSSR count). The van der Waals surface area contributed by atoms with Gasteiger partial charge in [0.25, 0.3) is 0 Å². The van der Waals surface area contributed by atoms with E-state index in [0.29, 0.717) is 0 Å². The van der Waals surface area contributed by atoms with Crippen molar-refractivity contribution in [3.63, 3.8) is 0 Å². The summed E-state index contributed by atoms with van der Waals surface area (Å²) in [5.74, 6) is 0. The van der Waals surface area contributed by atoms with Crippen molar-refractivity contribution in [2.24, 2.45) is 0 Å². The topological polar surface area (TPSA) is 21.3 Å². The van der Waals surface area contributed by atoms with Crippen LogP contribution in [0.3, 0.4) is 0 Å². The Kier molecular flexibility index (Phi) is 3.29. The molecule has 1 aromatic rings. The largest absolute Gasteiger partial charge is 0.379 e. The third kappa shape index (κ3) is 2.03. The number of hydrogen-bond acceptors (Lipinski definition) is 2. The molecule has 0 radical (unpaired) electrons. The van der Waals surface area contributed by atoms with Crippen molar-refractivity contribution in [1.82, 2.24) is 5.32 Å². The molecule has 1 heterocycles. The predicted molar refractivity (Wildman–Crippen MR) is 62.5 cm³/mol. The standard InChI is InChI=1S/C12H16ClNO/c1-14-7-6-12(8-15-9-12)10-4-2-3-5-11(10)13/h2-5,14H,6-9H2,1H3. The molecule has 2 nitrogen and oxygen atoms in total. The van der Waals surface area contributed by atoms with Crippen molar-refractivity contribution < 1.29 is 4.74 Å². The van der Waals surface area contributed by atoms with E-state index in [1.54, 1.807) is 0 Å². The van der Waals surface area contributed by atoms with Crippen molar-refractivity contribution >= 4 is 11.6 Å². The summed E-state index contributed by atoms with van der Waals surface area (Å²) < 4.78 is 5.36. The molecular formula is C12H16ClNO. The molecule has 0 saturated carbocycles. The molecule has 0 aromatic heterocycles. The zero-order valence-electron chi connectivity index (χ0n) is 8.92. The number of benzene rings is 1. The molecule has 0 bridgehead atoms. The van der Waals surface area contributed by atoms with E-state index in [4.69, 9.17) is 16.3 Å². The van der Waals surface area contributed by atoms with Gasteiger partial charge in [-0.3, -0.25) is 0 Å². The van der Waals surface area contributed by atoms with Crippen molar-refractivity contribution in [2.45, 2.75) is 11.8 Å². The average Bonchev–Trinajstić information content (AvgIpc) is 2.19. The van der Waals surface area contributed by atoms with Gasteiger partial charge in [0.1, 0.15) is 0 Å². The summed E-state index contributed by atoms with van der Waals surface area (Å²) in [6, 6.07) is 8.08. The minimum Gasteiger partial charge on any atom is -0.379 e. The lowest BCUT2D eigenvalue weighted by atomic mass is 9.76. The second-order valence-corrected chi connectivity index (χ2v) is 4.51. The Morgan fingerprint density at radius 3 is 2.67 bits per heavy atom. The van der Waals surface area contributed by atoms with Crippen LogP contribution in [-0.2, 0) is 10.2 Å². The SMILES string of the molecule is CNCCC1(c2ccccc2Cl)COC1. The molecule has 0 spiro atoms. The fourth-order valence-corrected chi connectivity index (χ4v) is 2.37. The Hall–Kier alpha value is -0.570. The van der Waals surface area contributed by atoms with Gasteiger partial charge in [-0.05, 0) is 31.6 Å². The van der Waals surface area contributed by atoms with Gasteiger partial charge in [0.15, 0.2) is 0 Å². The molecule has 1 N–H and O–H groups in total. The number of halogens is 1. The van der Waals surface area contributed by atoms with Crippen LogP contribution < -0.4 is 5.32 Å². The van der Waals surface area contributed by atoms with Crippen LogP contribution in [0.4, 0.5) is 0 Å². The number of ether oxygens (including phenoxy) is 1. The molecule has 0 unspecified atom stereocenters. The maximum atomic E-state index is 6.22. The Morgan fingerprint density at radius 1 is 1.40 bits per heavy atom. The maximum Gasteiger partial charge on any atom is 0.0586 e. The summed E-state index contributed by atoms with van der Waals surface area (Å²) in [5.41, 5.74) is 1.37. The molecule has 1 aliphatic rings. The van der Waals surface area contributed by atoms with E-state index in [2.05, 4.69) is 11.4 Å². The summed E-state index contributed by atoms with van der Waals surface area (Å²) in [6.07, 6.45) is 1.08. The van der Waals surface area contributed by atoms with E-state index in [1.165, 1.54) is 5.56 Å². The molecule has 1 aromatic carbocycles. The highest BCUT2D eigenvalue weighted by atomic mass is 35.5. The van der Waals surface area contributed by atoms with E-state index in [9.17, 15) is 0 Å². The van der Waals surface area contributed by atoms with Gasteiger partial charge in [-0.1, -0.05) is 29.8 Å². The van der Waals surface area contributed by atoms with Crippen LogP contribution >= 0.6 is 11.6 Å². The Balaban J connectivity index is 2.22. The lowest BCUT2D eigenvalue weighted by molar-refractivity contribution is -0.0637. The third-order valence-corrected chi connectivity index (χ3v) is 3.39. The van der Waals surface area contributed by atoms with Crippen LogP contribution in [0, 0.1) is 0 Å². The van der Waals surface area contributed by atoms with Crippen molar-refractivity contribution in [1.29, 1.82) is 0 Å². The van der Waals surface area contributed by atoms with Crippen LogP contribution in [0.5, 0.6) is 0 Å². The third-order valence-electron chi connectivity index (χ3n) is 3.06. The van der Waals surface area contributed by atoms with Crippen LogP contribution in [0.2, 0.25) is 5.02 Å². The normalized spacial score (nSPS) is 18.5. The highest BCUT2D eigenvalue weighted by Crippen LogP contribution is 2.38. The first-order chi connectivity index (χ1) is 7.28. The second-order valence-electron chi connectivity index (χ2n) is 4.11. The van der Waals surface area contributed by atoms with Gasteiger partial charge in [-0.15, -0.1) is 0 Å². The molecule has 0 aliphatic carbocycles. The van der Waals surface area contributed by atoms with Gasteiger partial charge >= 0.3 is 0 Å². The first-order valence-electron chi connectivity index (χ1n) is 5.26. The molecule has 0 atom stereocenters. The highest BCUT2D eigenvalue weighted by Gasteiger charge is 2.40. The minimum atomic E-state index is 0.140. The van der Waals surface area contributed by atoms with Crippen molar-refractivity contribution in [2.75, 3.05) is 26.8 Å². The van der Waals surface area contributed by atoms with Gasteiger partial charge in [-0.2, -0.15) is 0 Å². The predicted octanol–water partition coefficient (Wildman–Crippen LogP) is 2.22. The van der Waals surface area contributed by atoms with Gasteiger partial charge < -0.3 is 10.1 Å². The van der Waals surface area contributed by atoms with Gasteiger partial charge in [-0.25, -0.2) is 0 Å². The highest BCUT2D eigenvalue weighted by molar-refractivity contribution is 6.31. The first kappa shape index (κ1) is 10.9. The molecule has 0 amide bonds. The Bertz CT molecular complexity index is 336. The summed E-state index contributed by atoms with van der Waals surface area (Å²) in [7, 11) is 1.97. The van der Waals surface area contributed by atoms with Gasteiger partial charge in [0, 0.05) is 10.4 Å². The van der Waals surface area contributed by atoms with Crippen LogP contribution in [0.15, 0.2) is 24.3 Å². The number of hydrogen-bond donors (Lipinski definition) is 1. The zero-order chi connectivity index (χ0) is 10.7. The lowest BCUT2D eigenvalue weighted by Gasteiger charge is -2.42. The van der Waals surface area contributed by atoms with Crippen LogP contribution in [0.1, 0.15) is 12.0 Å². The summed E-state index contributed by atoms with van der Waals surface area (Å²) in [4.78, 5) is 0. The van der Waals surface area contributed by atoms with Gasteiger partial charge in [0.2, 0.25) is 0 Å². The molecule has 1 fully saturated rings. The Morgan fingerprint density at radius 2 is 2.13 bits per heavy atom. The molecule has 1 aliphatic heterocycles. The lowest BCUT2D eigenvalue weighted by Crippen LogP contribution is -2.48. The van der Waals surface area contributed by atoms with E-state index in [1.807, 2.05) is 25.2 Å². The molecule has 15 heavy (non-hydrogen) atoms. The molecule has 82 valence electrons. The zero-order valence-corrected chi connectivity index (χ0v) is 9.68. The van der Waals surface area contributed by atoms with E-state index < -0.39 is 0 Å². The molecule has 1 saturated heterocycles. The summed E-state index contributed by atoms with van der Waals surface area (Å²) >= 11 is 6.22. The average molecular weight is 226 g/mol. The smallest absolute Gasteiger partial charge is 0.0586 e. The van der Waals surface area contributed by atoms with Crippen molar-refractivity contribution in [3.8, 4) is 0 Å². The number of rotatable bonds is 4. The first-order valence-corrected chi connectivity index (χ1v) is 5.64.